The summed E-state index contributed by atoms with van der Waals surface area (Å²) < 4.78 is 16.2. The Morgan fingerprint density at radius 1 is 0.781 bits per heavy atom. The third-order valence-corrected chi connectivity index (χ3v) is 5.51. The first-order valence-electron chi connectivity index (χ1n) is 10.3. The zero-order valence-electron chi connectivity index (χ0n) is 18.9. The van der Waals surface area contributed by atoms with Crippen molar-refractivity contribution < 1.29 is 19.0 Å². The van der Waals surface area contributed by atoms with Crippen LogP contribution in [-0.4, -0.2) is 25.2 Å². The van der Waals surface area contributed by atoms with E-state index in [4.69, 9.17) is 19.2 Å². The normalized spacial score (nSPS) is 10.8. The molecule has 0 saturated carbocycles. The molecule has 0 aliphatic carbocycles. The molecule has 4 rings (SSSR count). The minimum Gasteiger partial charge on any atom is -0.497 e. The molecule has 0 bridgehead atoms. The summed E-state index contributed by atoms with van der Waals surface area (Å²) in [7, 11) is 3.23. The number of carbonyl (C=O) groups excluding carboxylic acids is 1. The molecule has 162 valence electrons. The third kappa shape index (κ3) is 4.02. The zero-order valence-corrected chi connectivity index (χ0v) is 18.9. The Hall–Kier alpha value is -3.86. The van der Waals surface area contributed by atoms with Crippen molar-refractivity contribution in [2.24, 2.45) is 0 Å². The average molecular weight is 428 g/mol. The molecule has 0 aliphatic rings. The largest absolute Gasteiger partial charge is 0.497 e. The summed E-state index contributed by atoms with van der Waals surface area (Å²) in [4.78, 5) is 18.4. The Morgan fingerprint density at radius 2 is 1.34 bits per heavy atom. The van der Waals surface area contributed by atoms with Gasteiger partial charge in [-0.2, -0.15) is 0 Å². The molecule has 32 heavy (non-hydrogen) atoms. The van der Waals surface area contributed by atoms with Gasteiger partial charge in [-0.15, -0.1) is 0 Å². The fourth-order valence-electron chi connectivity index (χ4n) is 3.91. The van der Waals surface area contributed by atoms with Gasteiger partial charge in [0.2, 0.25) is 0 Å². The number of nitrogens with zero attached hydrogens (tertiary/aromatic N) is 1. The van der Waals surface area contributed by atoms with Gasteiger partial charge in [0.1, 0.15) is 17.2 Å². The van der Waals surface area contributed by atoms with Gasteiger partial charge in [-0.1, -0.05) is 11.6 Å². The van der Waals surface area contributed by atoms with E-state index in [1.807, 2.05) is 51.1 Å². The minimum atomic E-state index is -0.417. The molecular weight excluding hydrogens is 402 g/mol. The molecule has 0 spiro atoms. The van der Waals surface area contributed by atoms with E-state index in [2.05, 4.69) is 6.07 Å². The fraction of sp³-hybridized carbons (Fsp3) is 0.185. The minimum absolute atomic E-state index is 0.417. The predicted octanol–water partition coefficient (Wildman–Crippen LogP) is 6.06. The van der Waals surface area contributed by atoms with Crippen molar-refractivity contribution in [3.63, 3.8) is 0 Å². The van der Waals surface area contributed by atoms with Gasteiger partial charge in [0.05, 0.1) is 31.0 Å². The number of pyridine rings is 1. The lowest BCUT2D eigenvalue weighted by Crippen LogP contribution is -2.13. The lowest BCUT2D eigenvalue weighted by molar-refractivity contribution is 0.0736. The van der Waals surface area contributed by atoms with Gasteiger partial charge in [-0.3, -0.25) is 0 Å². The maximum atomic E-state index is 13.4. The van der Waals surface area contributed by atoms with Crippen molar-refractivity contribution in [1.29, 1.82) is 0 Å². The number of hydrogen-bond acceptors (Lipinski definition) is 5. The number of carbonyl (C=O) groups is 1. The van der Waals surface area contributed by atoms with Crippen LogP contribution in [0, 0.1) is 20.8 Å². The molecule has 0 fully saturated rings. The fourth-order valence-corrected chi connectivity index (χ4v) is 3.91. The molecule has 0 aliphatic heterocycles. The molecule has 0 amide bonds. The highest BCUT2D eigenvalue weighted by molar-refractivity contribution is 6.08. The van der Waals surface area contributed by atoms with Crippen molar-refractivity contribution in [3.05, 3.63) is 82.9 Å². The second-order valence-corrected chi connectivity index (χ2v) is 7.73. The van der Waals surface area contributed by atoms with Crippen molar-refractivity contribution in [3.8, 4) is 28.5 Å². The molecule has 5 nitrogen and oxygen atoms in total. The van der Waals surface area contributed by atoms with Crippen molar-refractivity contribution in [2.45, 2.75) is 20.8 Å². The van der Waals surface area contributed by atoms with Crippen molar-refractivity contribution in [2.75, 3.05) is 14.2 Å². The number of rotatable bonds is 5. The molecule has 5 heteroatoms. The summed E-state index contributed by atoms with van der Waals surface area (Å²) in [6.45, 7) is 5.93. The van der Waals surface area contributed by atoms with Crippen LogP contribution in [0.5, 0.6) is 17.2 Å². The molecule has 0 radical (unpaired) electrons. The zero-order chi connectivity index (χ0) is 22.8. The topological polar surface area (TPSA) is 57.7 Å². The van der Waals surface area contributed by atoms with E-state index in [-0.39, 0.29) is 0 Å². The van der Waals surface area contributed by atoms with E-state index in [1.165, 1.54) is 0 Å². The number of hydrogen-bond donors (Lipinski definition) is 0. The van der Waals surface area contributed by atoms with Gasteiger partial charge in [0.15, 0.2) is 0 Å². The molecule has 0 unspecified atom stereocenters. The second kappa shape index (κ2) is 8.71. The number of benzene rings is 3. The number of fused-ring (bicyclic) bond motifs is 1. The maximum Gasteiger partial charge on any atom is 0.344 e. The van der Waals surface area contributed by atoms with Crippen LogP contribution in [0.1, 0.15) is 27.0 Å². The third-order valence-electron chi connectivity index (χ3n) is 5.51. The first kappa shape index (κ1) is 21.4. The standard InChI is InChI=1S/C27H25NO4/c1-16-14-17(2)25-23(15-16)24(27(29)32-22-12-10-21(31-5)11-13-22)18(3)26(28-25)19-6-8-20(30-4)9-7-19/h6-15H,1-5H3. The van der Waals surface area contributed by atoms with E-state index < -0.39 is 5.97 Å². The second-order valence-electron chi connectivity index (χ2n) is 7.73. The van der Waals surface area contributed by atoms with Crippen LogP contribution in [0.15, 0.2) is 60.7 Å². The van der Waals surface area contributed by atoms with E-state index in [9.17, 15) is 4.79 Å². The molecule has 4 aromatic rings. The highest BCUT2D eigenvalue weighted by Crippen LogP contribution is 2.33. The van der Waals surface area contributed by atoms with E-state index in [0.29, 0.717) is 17.1 Å². The smallest absolute Gasteiger partial charge is 0.344 e. The monoisotopic (exact) mass is 427 g/mol. The lowest BCUT2D eigenvalue weighted by Gasteiger charge is -2.16. The summed E-state index contributed by atoms with van der Waals surface area (Å²) in [6.07, 6.45) is 0. The molecule has 1 aromatic heterocycles. The van der Waals surface area contributed by atoms with Crippen LogP contribution in [0.2, 0.25) is 0 Å². The number of ether oxygens (including phenoxy) is 3. The molecule has 0 saturated heterocycles. The van der Waals surface area contributed by atoms with Gasteiger partial charge >= 0.3 is 5.97 Å². The number of methoxy groups -OCH3 is 2. The Morgan fingerprint density at radius 3 is 1.94 bits per heavy atom. The molecular formula is C27H25NO4. The van der Waals surface area contributed by atoms with Crippen molar-refractivity contribution in [1.82, 2.24) is 4.98 Å². The van der Waals surface area contributed by atoms with Gasteiger partial charge in [0.25, 0.3) is 0 Å². The number of aryl methyl sites for hydroxylation is 2. The van der Waals surface area contributed by atoms with Crippen LogP contribution in [0.4, 0.5) is 0 Å². The van der Waals surface area contributed by atoms with Crippen LogP contribution in [-0.2, 0) is 0 Å². The summed E-state index contributed by atoms with van der Waals surface area (Å²) in [5.74, 6) is 1.50. The Balaban J connectivity index is 1.88. The van der Waals surface area contributed by atoms with E-state index in [1.54, 1.807) is 38.5 Å². The Kier molecular flexibility index (Phi) is 5.82. The quantitative estimate of drug-likeness (QED) is 0.286. The van der Waals surface area contributed by atoms with E-state index in [0.717, 1.165) is 44.6 Å². The maximum absolute atomic E-state index is 13.4. The molecule has 1 heterocycles. The summed E-state index contributed by atoms with van der Waals surface area (Å²) in [5, 5.41) is 0.788. The summed E-state index contributed by atoms with van der Waals surface area (Å²) in [6, 6.07) is 18.7. The van der Waals surface area contributed by atoms with Gasteiger partial charge in [-0.25, -0.2) is 9.78 Å². The van der Waals surface area contributed by atoms with Crippen LogP contribution >= 0.6 is 0 Å². The van der Waals surface area contributed by atoms with Crippen molar-refractivity contribution >= 4 is 16.9 Å². The van der Waals surface area contributed by atoms with Crippen LogP contribution in [0.3, 0.4) is 0 Å². The van der Waals surface area contributed by atoms with E-state index >= 15 is 0 Å². The first-order chi connectivity index (χ1) is 15.4. The molecule has 0 atom stereocenters. The predicted molar refractivity (Wildman–Crippen MR) is 126 cm³/mol. The average Bonchev–Trinajstić information content (AvgIpc) is 2.79. The van der Waals surface area contributed by atoms with Gasteiger partial charge in [0, 0.05) is 10.9 Å². The first-order valence-corrected chi connectivity index (χ1v) is 10.3. The SMILES string of the molecule is COc1ccc(OC(=O)c2c(C)c(-c3ccc(OC)cc3)nc3c(C)cc(C)cc23)cc1. The van der Waals surface area contributed by atoms with Crippen LogP contribution < -0.4 is 14.2 Å². The summed E-state index contributed by atoms with van der Waals surface area (Å²) >= 11 is 0. The van der Waals surface area contributed by atoms with Gasteiger partial charge < -0.3 is 14.2 Å². The number of aromatic nitrogens is 1. The highest BCUT2D eigenvalue weighted by Gasteiger charge is 2.22. The lowest BCUT2D eigenvalue weighted by atomic mass is 9.95. The molecule has 3 aromatic carbocycles. The number of esters is 1. The Bertz CT molecular complexity index is 1290. The highest BCUT2D eigenvalue weighted by atomic mass is 16.5. The van der Waals surface area contributed by atoms with Crippen LogP contribution in [0.25, 0.3) is 22.2 Å². The van der Waals surface area contributed by atoms with Gasteiger partial charge in [-0.05, 0) is 86.5 Å². The Labute approximate surface area is 187 Å². The summed E-state index contributed by atoms with van der Waals surface area (Å²) in [5.41, 5.74) is 5.79. The molecule has 0 N–H and O–H groups in total.